The maximum absolute atomic E-state index is 13.3. The van der Waals surface area contributed by atoms with Crippen LogP contribution in [0.5, 0.6) is 11.5 Å². The highest BCUT2D eigenvalue weighted by Crippen LogP contribution is 2.66. The zero-order valence-corrected chi connectivity index (χ0v) is 20.5. The number of carbonyl (C=O) groups is 2. The Morgan fingerprint density at radius 3 is 2.78 bits per heavy atom. The molecule has 3 N–H and O–H groups in total. The molecule has 1 amide bonds. The van der Waals surface area contributed by atoms with Crippen LogP contribution in [0.25, 0.3) is 0 Å². The normalized spacial score (nSPS) is 38.0. The number of carboxylic acid groups (broad SMARTS) is 1. The number of hydrogen-bond acceptors (Lipinski definition) is 6. The number of rotatable bonds is 4. The van der Waals surface area contributed by atoms with E-state index in [0.29, 0.717) is 38.0 Å². The molecule has 3 aliphatic carbocycles. The number of piperidine rings is 2. The van der Waals surface area contributed by atoms with Crippen molar-refractivity contribution >= 4 is 11.9 Å². The van der Waals surface area contributed by atoms with Gasteiger partial charge in [0.2, 0.25) is 5.91 Å². The molecule has 5 atom stereocenters. The molecular formula is C28H34N2O6. The third kappa shape index (κ3) is 3.00. The number of benzene rings is 1. The molecule has 3 aliphatic heterocycles. The molecule has 7 rings (SSSR count). The molecule has 1 unspecified atom stereocenters. The number of amides is 1. The van der Waals surface area contributed by atoms with Crippen LogP contribution in [0, 0.1) is 11.8 Å². The second-order valence-corrected chi connectivity index (χ2v) is 11.9. The zero-order valence-electron chi connectivity index (χ0n) is 20.5. The number of phenolic OH excluding ortho intramolecular Hbond substituents is 1. The van der Waals surface area contributed by atoms with Crippen molar-refractivity contribution < 1.29 is 29.6 Å². The Kier molecular flexibility index (Phi) is 4.84. The predicted molar refractivity (Wildman–Crippen MR) is 130 cm³/mol. The van der Waals surface area contributed by atoms with E-state index in [0.717, 1.165) is 48.5 Å². The van der Waals surface area contributed by atoms with Crippen LogP contribution in [0.15, 0.2) is 23.8 Å². The van der Waals surface area contributed by atoms with Crippen LogP contribution < -0.4 is 4.74 Å². The average molecular weight is 495 g/mol. The van der Waals surface area contributed by atoms with Gasteiger partial charge in [0, 0.05) is 37.3 Å². The number of likely N-dealkylation sites (tertiary alicyclic amines) is 2. The molecule has 3 heterocycles. The molecular weight excluding hydrogens is 460 g/mol. The molecule has 192 valence electrons. The molecule has 0 radical (unpaired) electrons. The highest BCUT2D eigenvalue weighted by molar-refractivity contribution is 5.89. The van der Waals surface area contributed by atoms with Crippen LogP contribution in [0.1, 0.15) is 56.1 Å². The van der Waals surface area contributed by atoms with Gasteiger partial charge < -0.3 is 25.0 Å². The number of ether oxygens (including phenoxy) is 1. The number of aliphatic carboxylic acids is 1. The fourth-order valence-corrected chi connectivity index (χ4v) is 8.11. The lowest BCUT2D eigenvalue weighted by Crippen LogP contribution is -2.75. The number of nitrogens with zero attached hydrogens (tertiary/aromatic N) is 2. The van der Waals surface area contributed by atoms with Gasteiger partial charge in [0.15, 0.2) is 11.5 Å². The van der Waals surface area contributed by atoms with E-state index in [4.69, 9.17) is 4.74 Å². The first-order valence-electron chi connectivity index (χ1n) is 13.5. The lowest BCUT2D eigenvalue weighted by Gasteiger charge is -2.63. The summed E-state index contributed by atoms with van der Waals surface area (Å²) in [5.41, 5.74) is 1.25. The lowest BCUT2D eigenvalue weighted by molar-refractivity contribution is -0.174. The molecule has 0 aromatic heterocycles. The SMILES string of the molecule is O=C(O)C1CCCN(C(=O)/C=C2/CC[C@@]3(O)[C@H]4Cc5ccc(O)c6c5[C@@]3(CCN4CC3CC3)[C@H]2O6)C1. The Hall–Kier alpha value is -2.58. The molecule has 1 spiro atoms. The van der Waals surface area contributed by atoms with Crippen molar-refractivity contribution in [3.05, 3.63) is 34.9 Å². The van der Waals surface area contributed by atoms with Gasteiger partial charge in [-0.3, -0.25) is 14.5 Å². The Morgan fingerprint density at radius 2 is 2.00 bits per heavy atom. The fourth-order valence-electron chi connectivity index (χ4n) is 8.11. The number of carbonyl (C=O) groups excluding carboxylic acids is 1. The average Bonchev–Trinajstić information content (AvgIpc) is 3.61. The summed E-state index contributed by atoms with van der Waals surface area (Å²) in [4.78, 5) is 29.0. The van der Waals surface area contributed by atoms with Crippen molar-refractivity contribution in [1.82, 2.24) is 9.80 Å². The van der Waals surface area contributed by atoms with E-state index in [-0.39, 0.29) is 24.2 Å². The summed E-state index contributed by atoms with van der Waals surface area (Å²) in [6.45, 7) is 2.67. The Morgan fingerprint density at radius 1 is 1.17 bits per heavy atom. The summed E-state index contributed by atoms with van der Waals surface area (Å²) in [7, 11) is 0. The van der Waals surface area contributed by atoms with Gasteiger partial charge in [0.05, 0.1) is 16.9 Å². The van der Waals surface area contributed by atoms with E-state index in [9.17, 15) is 24.9 Å². The molecule has 8 nitrogen and oxygen atoms in total. The standard InChI is InChI=1S/C28H34N2O6/c31-20-6-5-17-12-21-28(35)8-7-18(13-22(32)30-10-1-2-19(15-30)26(33)34)25-27(28,23(17)24(20)36-25)9-11-29(21)14-16-3-4-16/h5-6,13,16,19,21,25,31,35H,1-4,7-12,14-15H2,(H,33,34)/b18-13-/t19?,21-,25+,27+,28-/m1/s1. The summed E-state index contributed by atoms with van der Waals surface area (Å²) >= 11 is 0. The molecule has 36 heavy (non-hydrogen) atoms. The first-order valence-corrected chi connectivity index (χ1v) is 13.5. The van der Waals surface area contributed by atoms with Gasteiger partial charge in [-0.25, -0.2) is 0 Å². The number of hydrogen-bond donors (Lipinski definition) is 3. The maximum atomic E-state index is 13.3. The van der Waals surface area contributed by atoms with Crippen LogP contribution in [0.4, 0.5) is 0 Å². The Bertz CT molecular complexity index is 1180. The summed E-state index contributed by atoms with van der Waals surface area (Å²) < 4.78 is 6.50. The molecule has 2 saturated carbocycles. The van der Waals surface area contributed by atoms with Crippen molar-refractivity contribution in [2.45, 2.75) is 74.5 Å². The van der Waals surface area contributed by atoms with E-state index in [1.165, 1.54) is 12.8 Å². The van der Waals surface area contributed by atoms with Crippen LogP contribution in [0.3, 0.4) is 0 Å². The van der Waals surface area contributed by atoms with Gasteiger partial charge in [-0.05, 0) is 81.0 Å². The van der Waals surface area contributed by atoms with E-state index < -0.39 is 29.0 Å². The molecule has 1 aromatic carbocycles. The first kappa shape index (κ1) is 22.6. The van der Waals surface area contributed by atoms with Gasteiger partial charge in [-0.2, -0.15) is 0 Å². The van der Waals surface area contributed by atoms with Crippen molar-refractivity contribution in [2.75, 3.05) is 26.2 Å². The molecule has 6 aliphatic rings. The summed E-state index contributed by atoms with van der Waals surface area (Å²) in [6, 6.07) is 3.68. The zero-order chi connectivity index (χ0) is 24.8. The second-order valence-electron chi connectivity index (χ2n) is 11.9. The van der Waals surface area contributed by atoms with E-state index in [1.54, 1.807) is 17.0 Å². The lowest BCUT2D eigenvalue weighted by atomic mass is 9.48. The monoisotopic (exact) mass is 494 g/mol. The van der Waals surface area contributed by atoms with Gasteiger partial charge in [-0.15, -0.1) is 0 Å². The third-order valence-electron chi connectivity index (χ3n) is 10.0. The van der Waals surface area contributed by atoms with E-state index >= 15 is 0 Å². The van der Waals surface area contributed by atoms with Crippen LogP contribution in [-0.2, 0) is 21.4 Å². The molecule has 4 fully saturated rings. The number of aromatic hydroxyl groups is 1. The van der Waals surface area contributed by atoms with Gasteiger partial charge in [0.1, 0.15) is 6.10 Å². The van der Waals surface area contributed by atoms with Crippen molar-refractivity contribution in [2.24, 2.45) is 11.8 Å². The van der Waals surface area contributed by atoms with E-state index in [2.05, 4.69) is 4.90 Å². The molecule has 2 saturated heterocycles. The van der Waals surface area contributed by atoms with Crippen LogP contribution in [-0.4, -0.2) is 80.9 Å². The highest BCUT2D eigenvalue weighted by Gasteiger charge is 2.72. The Labute approximate surface area is 210 Å². The topological polar surface area (TPSA) is 111 Å². The number of phenols is 1. The van der Waals surface area contributed by atoms with Gasteiger partial charge >= 0.3 is 5.97 Å². The smallest absolute Gasteiger partial charge is 0.308 e. The molecule has 2 bridgehead atoms. The van der Waals surface area contributed by atoms with Crippen molar-refractivity contribution in [1.29, 1.82) is 0 Å². The summed E-state index contributed by atoms with van der Waals surface area (Å²) in [5, 5.41) is 32.7. The summed E-state index contributed by atoms with van der Waals surface area (Å²) in [5.74, 6) is -0.284. The van der Waals surface area contributed by atoms with Crippen LogP contribution in [0.2, 0.25) is 0 Å². The quantitative estimate of drug-likeness (QED) is 0.551. The third-order valence-corrected chi connectivity index (χ3v) is 10.0. The predicted octanol–water partition coefficient (Wildman–Crippen LogP) is 2.21. The largest absolute Gasteiger partial charge is 0.504 e. The van der Waals surface area contributed by atoms with Gasteiger partial charge in [0.25, 0.3) is 0 Å². The van der Waals surface area contributed by atoms with Gasteiger partial charge in [-0.1, -0.05) is 6.07 Å². The minimum atomic E-state index is -0.989. The minimum absolute atomic E-state index is 0.00314. The number of aliphatic hydroxyl groups is 1. The Balaban J connectivity index is 1.27. The molecule has 1 aromatic rings. The second kappa shape index (κ2) is 7.71. The fraction of sp³-hybridized carbons (Fsp3) is 0.643. The summed E-state index contributed by atoms with van der Waals surface area (Å²) in [6.07, 6.45) is 7.49. The highest BCUT2D eigenvalue weighted by atomic mass is 16.5. The first-order chi connectivity index (χ1) is 17.3. The van der Waals surface area contributed by atoms with Crippen molar-refractivity contribution in [3.8, 4) is 11.5 Å². The molecule has 8 heteroatoms. The van der Waals surface area contributed by atoms with E-state index in [1.807, 2.05) is 6.07 Å². The van der Waals surface area contributed by atoms with Crippen molar-refractivity contribution in [3.63, 3.8) is 0 Å². The van der Waals surface area contributed by atoms with Crippen LogP contribution >= 0.6 is 0 Å². The number of carboxylic acids is 1. The maximum Gasteiger partial charge on any atom is 0.308 e. The minimum Gasteiger partial charge on any atom is -0.504 e.